The van der Waals surface area contributed by atoms with E-state index < -0.39 is 30.4 Å². The Morgan fingerprint density at radius 1 is 1.30 bits per heavy atom. The van der Waals surface area contributed by atoms with E-state index >= 15 is 0 Å². The second kappa shape index (κ2) is 10.5. The first-order valence-corrected chi connectivity index (χ1v) is 13.3. The van der Waals surface area contributed by atoms with Crippen LogP contribution >= 0.6 is 0 Å². The third-order valence-corrected chi connectivity index (χ3v) is 5.20. The van der Waals surface area contributed by atoms with Crippen LogP contribution in [0.25, 0.3) is 0 Å². The molecule has 0 atom stereocenters. The SMILES string of the molecule is C=C(C)COc1ncnc(N(COCC[Si](C)(C)C)C(=O)OC(C)(C)C)c1[N+](=O)[O-]. The zero-order valence-corrected chi connectivity index (χ0v) is 19.9. The molecule has 0 fully saturated rings. The second-order valence-electron chi connectivity index (χ2n) is 9.11. The van der Waals surface area contributed by atoms with Crippen molar-refractivity contribution in [3.8, 4) is 5.88 Å². The highest BCUT2D eigenvalue weighted by Crippen LogP contribution is 2.34. The van der Waals surface area contributed by atoms with Crippen LogP contribution in [0.5, 0.6) is 5.88 Å². The second-order valence-corrected chi connectivity index (χ2v) is 14.7. The van der Waals surface area contributed by atoms with Gasteiger partial charge >= 0.3 is 11.8 Å². The first-order chi connectivity index (χ1) is 13.7. The van der Waals surface area contributed by atoms with Gasteiger partial charge < -0.3 is 14.2 Å². The quantitative estimate of drug-likeness (QED) is 0.131. The minimum absolute atomic E-state index is 0.0381. The van der Waals surface area contributed by atoms with Crippen LogP contribution in [0.4, 0.5) is 16.3 Å². The van der Waals surface area contributed by atoms with Crippen molar-refractivity contribution < 1.29 is 23.9 Å². The number of nitro groups is 1. The third kappa shape index (κ3) is 8.87. The van der Waals surface area contributed by atoms with E-state index in [-0.39, 0.29) is 25.0 Å². The van der Waals surface area contributed by atoms with Crippen LogP contribution in [0, 0.1) is 10.1 Å². The van der Waals surface area contributed by atoms with E-state index in [1.54, 1.807) is 27.7 Å². The molecule has 1 aromatic heterocycles. The Kier molecular flexibility index (Phi) is 8.91. The summed E-state index contributed by atoms with van der Waals surface area (Å²) in [5.74, 6) is -0.516. The molecular formula is C19H32N4O6Si. The Morgan fingerprint density at radius 3 is 2.43 bits per heavy atom. The summed E-state index contributed by atoms with van der Waals surface area (Å²) in [5, 5.41) is 11.8. The van der Waals surface area contributed by atoms with E-state index in [0.29, 0.717) is 12.2 Å². The van der Waals surface area contributed by atoms with Gasteiger partial charge in [0, 0.05) is 14.7 Å². The van der Waals surface area contributed by atoms with Gasteiger partial charge in [0.1, 0.15) is 25.3 Å². The summed E-state index contributed by atoms with van der Waals surface area (Å²) in [5.41, 5.74) is -0.698. The molecule has 0 aliphatic rings. The van der Waals surface area contributed by atoms with E-state index in [4.69, 9.17) is 14.2 Å². The standard InChI is InChI=1S/C19H32N4O6Si/c1-14(2)11-28-17-15(23(25)26)16(20-12-21-17)22(18(24)29-19(3,4)5)13-27-9-10-30(6,7)8/h12H,1,9-11,13H2,2-8H3. The van der Waals surface area contributed by atoms with Gasteiger partial charge in [-0.3, -0.25) is 10.1 Å². The van der Waals surface area contributed by atoms with E-state index in [0.717, 1.165) is 17.3 Å². The highest BCUT2D eigenvalue weighted by Gasteiger charge is 2.34. The number of carbonyl (C=O) groups is 1. The molecule has 0 radical (unpaired) electrons. The molecule has 0 aliphatic carbocycles. The Hall–Kier alpha value is -2.53. The summed E-state index contributed by atoms with van der Waals surface area (Å²) in [7, 11) is -1.35. The molecule has 1 aromatic rings. The zero-order valence-electron chi connectivity index (χ0n) is 18.9. The number of carbonyl (C=O) groups excluding carboxylic acids is 1. The average Bonchev–Trinajstić information content (AvgIpc) is 2.56. The van der Waals surface area contributed by atoms with Gasteiger partial charge in [0.05, 0.1) is 4.92 Å². The smallest absolute Gasteiger partial charge is 0.418 e. The molecule has 0 saturated heterocycles. The lowest BCUT2D eigenvalue weighted by Crippen LogP contribution is -2.39. The molecule has 0 aliphatic heterocycles. The van der Waals surface area contributed by atoms with Gasteiger partial charge in [-0.2, -0.15) is 4.98 Å². The maximum absolute atomic E-state index is 12.8. The van der Waals surface area contributed by atoms with Crippen molar-refractivity contribution >= 4 is 25.7 Å². The molecule has 0 spiro atoms. The largest absolute Gasteiger partial charge is 0.468 e. The summed E-state index contributed by atoms with van der Waals surface area (Å²) in [6, 6.07) is 0.869. The summed E-state index contributed by atoms with van der Waals surface area (Å²) >= 11 is 0. The van der Waals surface area contributed by atoms with Crippen LogP contribution in [-0.4, -0.2) is 54.6 Å². The van der Waals surface area contributed by atoms with Crippen molar-refractivity contribution in [1.82, 2.24) is 9.97 Å². The molecule has 11 heteroatoms. The molecule has 0 unspecified atom stereocenters. The Bertz CT molecular complexity index is 773. The minimum atomic E-state index is -1.35. The molecule has 1 amide bonds. The first-order valence-electron chi connectivity index (χ1n) is 9.56. The lowest BCUT2D eigenvalue weighted by atomic mass is 10.2. The highest BCUT2D eigenvalue weighted by molar-refractivity contribution is 6.76. The van der Waals surface area contributed by atoms with E-state index in [1.807, 2.05) is 0 Å². The third-order valence-electron chi connectivity index (χ3n) is 3.49. The van der Waals surface area contributed by atoms with Crippen molar-refractivity contribution in [3.05, 3.63) is 28.6 Å². The lowest BCUT2D eigenvalue weighted by molar-refractivity contribution is -0.385. The van der Waals surface area contributed by atoms with Crippen molar-refractivity contribution in [1.29, 1.82) is 0 Å². The molecule has 0 N–H and O–H groups in total. The molecule has 0 bridgehead atoms. The fourth-order valence-electron chi connectivity index (χ4n) is 2.06. The minimum Gasteiger partial charge on any atom is -0.468 e. The Balaban J connectivity index is 3.26. The number of nitrogens with zero attached hydrogens (tertiary/aromatic N) is 4. The van der Waals surface area contributed by atoms with Gasteiger partial charge in [-0.05, 0) is 39.3 Å². The molecule has 1 heterocycles. The van der Waals surface area contributed by atoms with E-state index in [1.165, 1.54) is 0 Å². The number of amides is 1. The molecule has 168 valence electrons. The van der Waals surface area contributed by atoms with Gasteiger partial charge in [0.25, 0.3) is 5.88 Å². The van der Waals surface area contributed by atoms with Gasteiger partial charge in [-0.15, -0.1) is 0 Å². The van der Waals surface area contributed by atoms with Crippen LogP contribution in [-0.2, 0) is 9.47 Å². The van der Waals surface area contributed by atoms with Gasteiger partial charge in [-0.1, -0.05) is 26.2 Å². The predicted octanol–water partition coefficient (Wildman–Crippen LogP) is 4.39. The summed E-state index contributed by atoms with van der Waals surface area (Å²) < 4.78 is 16.5. The van der Waals surface area contributed by atoms with Crippen molar-refractivity contribution in [2.24, 2.45) is 0 Å². The van der Waals surface area contributed by atoms with Crippen LogP contribution in [0.2, 0.25) is 25.7 Å². The number of aromatic nitrogens is 2. The Morgan fingerprint density at radius 2 is 1.93 bits per heavy atom. The van der Waals surface area contributed by atoms with Crippen LogP contribution in [0.15, 0.2) is 18.5 Å². The predicted molar refractivity (Wildman–Crippen MR) is 117 cm³/mol. The normalized spacial score (nSPS) is 11.7. The lowest BCUT2D eigenvalue weighted by Gasteiger charge is -2.26. The number of anilines is 1. The van der Waals surface area contributed by atoms with Crippen LogP contribution < -0.4 is 9.64 Å². The first kappa shape index (κ1) is 25.5. The van der Waals surface area contributed by atoms with Crippen LogP contribution in [0.1, 0.15) is 27.7 Å². The maximum Gasteiger partial charge on any atom is 0.418 e. The topological polar surface area (TPSA) is 117 Å². The molecule has 10 nitrogen and oxygen atoms in total. The monoisotopic (exact) mass is 440 g/mol. The van der Waals surface area contributed by atoms with Gasteiger partial charge in [-0.25, -0.2) is 14.7 Å². The van der Waals surface area contributed by atoms with E-state index in [2.05, 4.69) is 36.2 Å². The molecule has 0 saturated carbocycles. The molecule has 1 rings (SSSR count). The van der Waals surface area contributed by atoms with Gasteiger partial charge in [0.2, 0.25) is 5.82 Å². The van der Waals surface area contributed by atoms with E-state index in [9.17, 15) is 14.9 Å². The number of ether oxygens (including phenoxy) is 3. The molecule has 0 aromatic carbocycles. The van der Waals surface area contributed by atoms with Crippen molar-refractivity contribution in [3.63, 3.8) is 0 Å². The molecular weight excluding hydrogens is 408 g/mol. The fourth-order valence-corrected chi connectivity index (χ4v) is 2.82. The van der Waals surface area contributed by atoms with Crippen LogP contribution in [0.3, 0.4) is 0 Å². The van der Waals surface area contributed by atoms with Gasteiger partial charge in [0.15, 0.2) is 0 Å². The fraction of sp³-hybridized carbons (Fsp3) is 0.632. The number of rotatable bonds is 10. The summed E-state index contributed by atoms with van der Waals surface area (Å²) in [4.78, 5) is 32.7. The highest BCUT2D eigenvalue weighted by atomic mass is 28.3. The Labute approximate surface area is 178 Å². The van der Waals surface area contributed by atoms with Crippen molar-refractivity contribution in [2.45, 2.75) is 59.0 Å². The average molecular weight is 441 g/mol. The number of hydrogen-bond acceptors (Lipinski definition) is 8. The summed E-state index contributed by atoms with van der Waals surface area (Å²) in [6.45, 7) is 17.3. The number of hydrogen-bond donors (Lipinski definition) is 0. The summed E-state index contributed by atoms with van der Waals surface area (Å²) in [6.07, 6.45) is 0.276. The van der Waals surface area contributed by atoms with Crippen molar-refractivity contribution in [2.75, 3.05) is 24.8 Å². The maximum atomic E-state index is 12.8. The zero-order chi connectivity index (χ0) is 23.1. The molecule has 30 heavy (non-hydrogen) atoms.